The van der Waals surface area contributed by atoms with Gasteiger partial charge in [0.25, 0.3) is 0 Å². The van der Waals surface area contributed by atoms with E-state index in [0.717, 1.165) is 32.4 Å². The van der Waals surface area contributed by atoms with Gasteiger partial charge in [-0.05, 0) is 51.5 Å². The van der Waals surface area contributed by atoms with Crippen molar-refractivity contribution in [3.63, 3.8) is 0 Å². The molecule has 2 N–H and O–H groups in total. The minimum atomic E-state index is -0.114. The number of nitrogens with one attached hydrogen (secondary N) is 1. The van der Waals surface area contributed by atoms with E-state index in [1.54, 1.807) is 0 Å². The molecule has 0 bridgehead atoms. The summed E-state index contributed by atoms with van der Waals surface area (Å²) in [6.45, 7) is 1.93. The molecule has 0 radical (unpaired) electrons. The summed E-state index contributed by atoms with van der Waals surface area (Å²) in [5.74, 6) is 0. The smallest absolute Gasteiger partial charge is 0.0693 e. The number of ether oxygens (including phenoxy) is 1. The third-order valence-corrected chi connectivity index (χ3v) is 3.63. The predicted molar refractivity (Wildman–Crippen MR) is 59.9 cm³/mol. The molecule has 0 aromatic carbocycles. The molecule has 3 atom stereocenters. The highest BCUT2D eigenvalue weighted by atomic mass is 16.5. The Labute approximate surface area is 92.2 Å². The van der Waals surface area contributed by atoms with Gasteiger partial charge in [-0.15, -0.1) is 0 Å². The van der Waals surface area contributed by atoms with E-state index in [1.807, 2.05) is 0 Å². The van der Waals surface area contributed by atoms with E-state index in [1.165, 1.54) is 25.7 Å². The largest absolute Gasteiger partial charge is 0.392 e. The Morgan fingerprint density at radius 3 is 2.73 bits per heavy atom. The van der Waals surface area contributed by atoms with Crippen LogP contribution < -0.4 is 5.32 Å². The Bertz CT molecular complexity index is 180. The summed E-state index contributed by atoms with van der Waals surface area (Å²) in [6.07, 6.45) is 8.48. The lowest BCUT2D eigenvalue weighted by atomic mass is 10.1. The highest BCUT2D eigenvalue weighted by Gasteiger charge is 2.24. The van der Waals surface area contributed by atoms with Crippen LogP contribution in [0.2, 0.25) is 0 Å². The number of rotatable bonds is 4. The molecule has 0 aromatic heterocycles. The molecule has 1 heterocycles. The van der Waals surface area contributed by atoms with Gasteiger partial charge in [-0.1, -0.05) is 0 Å². The van der Waals surface area contributed by atoms with Gasteiger partial charge in [0.05, 0.1) is 12.2 Å². The van der Waals surface area contributed by atoms with Gasteiger partial charge >= 0.3 is 0 Å². The summed E-state index contributed by atoms with van der Waals surface area (Å²) < 4.78 is 5.67. The van der Waals surface area contributed by atoms with Crippen molar-refractivity contribution in [2.45, 2.75) is 63.2 Å². The highest BCUT2D eigenvalue weighted by Crippen LogP contribution is 2.19. The van der Waals surface area contributed by atoms with Crippen molar-refractivity contribution >= 4 is 0 Å². The lowest BCUT2D eigenvalue weighted by molar-refractivity contribution is 0.0105. The molecular formula is C12H23NO2. The first-order valence-corrected chi connectivity index (χ1v) is 6.39. The van der Waals surface area contributed by atoms with Crippen LogP contribution in [0.15, 0.2) is 0 Å². The maximum atomic E-state index is 9.63. The number of hydrogen-bond acceptors (Lipinski definition) is 3. The average molecular weight is 213 g/mol. The van der Waals surface area contributed by atoms with Crippen LogP contribution in [0.4, 0.5) is 0 Å². The van der Waals surface area contributed by atoms with Crippen molar-refractivity contribution in [2.75, 3.05) is 13.2 Å². The van der Waals surface area contributed by atoms with Crippen molar-refractivity contribution < 1.29 is 9.84 Å². The van der Waals surface area contributed by atoms with Crippen LogP contribution in [0.25, 0.3) is 0 Å². The molecule has 1 saturated carbocycles. The van der Waals surface area contributed by atoms with Crippen LogP contribution in [-0.4, -0.2) is 36.5 Å². The first-order valence-electron chi connectivity index (χ1n) is 6.39. The maximum absolute atomic E-state index is 9.63. The van der Waals surface area contributed by atoms with Gasteiger partial charge in [-0.2, -0.15) is 0 Å². The lowest BCUT2D eigenvalue weighted by Crippen LogP contribution is -2.37. The fourth-order valence-corrected chi connectivity index (χ4v) is 2.64. The predicted octanol–water partition coefficient (Wildman–Crippen LogP) is 1.45. The van der Waals surface area contributed by atoms with Gasteiger partial charge in [0.15, 0.2) is 0 Å². The summed E-state index contributed by atoms with van der Waals surface area (Å²) in [6, 6.07) is 0.341. The zero-order chi connectivity index (χ0) is 10.5. The molecule has 2 fully saturated rings. The first-order chi connectivity index (χ1) is 7.36. The normalized spacial score (nSPS) is 37.0. The van der Waals surface area contributed by atoms with Gasteiger partial charge in [0.2, 0.25) is 0 Å². The maximum Gasteiger partial charge on any atom is 0.0693 e. The topological polar surface area (TPSA) is 41.5 Å². The second-order valence-corrected chi connectivity index (χ2v) is 4.84. The van der Waals surface area contributed by atoms with Gasteiger partial charge < -0.3 is 15.2 Å². The van der Waals surface area contributed by atoms with Crippen LogP contribution >= 0.6 is 0 Å². The van der Waals surface area contributed by atoms with Crippen molar-refractivity contribution in [2.24, 2.45) is 0 Å². The Kier molecular flexibility index (Phi) is 4.42. The molecule has 0 spiro atoms. The molecule has 3 nitrogen and oxygen atoms in total. The van der Waals surface area contributed by atoms with E-state index in [0.29, 0.717) is 12.1 Å². The van der Waals surface area contributed by atoms with Crippen LogP contribution in [0.3, 0.4) is 0 Å². The van der Waals surface area contributed by atoms with Crippen LogP contribution in [0, 0.1) is 0 Å². The summed E-state index contributed by atoms with van der Waals surface area (Å²) >= 11 is 0. The van der Waals surface area contributed by atoms with Crippen LogP contribution in [0.5, 0.6) is 0 Å². The molecular weight excluding hydrogens is 190 g/mol. The van der Waals surface area contributed by atoms with E-state index in [9.17, 15) is 5.11 Å². The lowest BCUT2D eigenvalue weighted by Gasteiger charge is -2.24. The molecule has 1 aliphatic heterocycles. The van der Waals surface area contributed by atoms with Crippen molar-refractivity contribution in [1.29, 1.82) is 0 Å². The van der Waals surface area contributed by atoms with Crippen molar-refractivity contribution in [1.82, 2.24) is 5.32 Å². The quantitative estimate of drug-likeness (QED) is 0.742. The summed E-state index contributed by atoms with van der Waals surface area (Å²) in [4.78, 5) is 0. The van der Waals surface area contributed by atoms with Gasteiger partial charge in [-0.3, -0.25) is 0 Å². The number of aliphatic hydroxyl groups excluding tert-OH is 1. The monoisotopic (exact) mass is 213 g/mol. The number of aliphatic hydroxyl groups is 1. The van der Waals surface area contributed by atoms with Crippen LogP contribution in [0.1, 0.15) is 44.9 Å². The average Bonchev–Trinajstić information content (AvgIpc) is 2.66. The minimum absolute atomic E-state index is 0.114. The van der Waals surface area contributed by atoms with Crippen molar-refractivity contribution in [3.8, 4) is 0 Å². The molecule has 3 heteroatoms. The summed E-state index contributed by atoms with van der Waals surface area (Å²) in [5, 5.41) is 13.1. The van der Waals surface area contributed by atoms with E-state index in [4.69, 9.17) is 4.74 Å². The second-order valence-electron chi connectivity index (χ2n) is 4.84. The zero-order valence-electron chi connectivity index (χ0n) is 9.45. The van der Waals surface area contributed by atoms with Crippen LogP contribution in [-0.2, 0) is 4.74 Å². The Hall–Kier alpha value is -0.120. The summed E-state index contributed by atoms with van der Waals surface area (Å²) in [7, 11) is 0. The fourth-order valence-electron chi connectivity index (χ4n) is 2.64. The SMILES string of the molecule is O[C@H]1CCC[C@@H]1NCCC1CCCCO1. The molecule has 2 aliphatic rings. The molecule has 0 amide bonds. The minimum Gasteiger partial charge on any atom is -0.392 e. The third-order valence-electron chi connectivity index (χ3n) is 3.63. The highest BCUT2D eigenvalue weighted by molar-refractivity contribution is 4.82. The van der Waals surface area contributed by atoms with E-state index >= 15 is 0 Å². The van der Waals surface area contributed by atoms with E-state index in [2.05, 4.69) is 5.32 Å². The molecule has 15 heavy (non-hydrogen) atoms. The third kappa shape index (κ3) is 3.44. The Morgan fingerprint density at radius 2 is 2.07 bits per heavy atom. The standard InChI is InChI=1S/C12H23NO2/c14-12-6-3-5-11(12)13-8-7-10-4-1-2-9-15-10/h10-14H,1-9H2/t10?,11-,12-/m0/s1. The molecule has 1 aliphatic carbocycles. The van der Waals surface area contributed by atoms with Gasteiger partial charge in [0, 0.05) is 12.6 Å². The molecule has 2 rings (SSSR count). The van der Waals surface area contributed by atoms with E-state index in [-0.39, 0.29) is 6.10 Å². The van der Waals surface area contributed by atoms with Gasteiger partial charge in [0.1, 0.15) is 0 Å². The molecule has 1 saturated heterocycles. The Balaban J connectivity index is 1.57. The number of hydrogen-bond donors (Lipinski definition) is 2. The van der Waals surface area contributed by atoms with E-state index < -0.39 is 0 Å². The fraction of sp³-hybridized carbons (Fsp3) is 1.00. The van der Waals surface area contributed by atoms with Gasteiger partial charge in [-0.25, -0.2) is 0 Å². The molecule has 0 aromatic rings. The summed E-state index contributed by atoms with van der Waals surface area (Å²) in [5.41, 5.74) is 0. The first kappa shape index (κ1) is 11.4. The molecule has 88 valence electrons. The van der Waals surface area contributed by atoms with Crippen molar-refractivity contribution in [3.05, 3.63) is 0 Å². The zero-order valence-corrected chi connectivity index (χ0v) is 9.45. The Morgan fingerprint density at radius 1 is 1.13 bits per heavy atom. The second kappa shape index (κ2) is 5.83. The molecule has 1 unspecified atom stereocenters.